The fraction of sp³-hybridized carbons (Fsp3) is 0.526. The maximum atomic E-state index is 13.0. The second kappa shape index (κ2) is 8.81. The molecule has 0 spiro atoms. The Morgan fingerprint density at radius 2 is 1.97 bits per heavy atom. The Hall–Kier alpha value is -1.97. The number of halogens is 1. The highest BCUT2D eigenvalue weighted by Gasteiger charge is 2.28. The number of nitrogens with zero attached hydrogens (tertiary/aromatic N) is 4. The highest BCUT2D eigenvalue weighted by molar-refractivity contribution is 7.89. The lowest BCUT2D eigenvalue weighted by Gasteiger charge is -2.32. The molecule has 0 saturated carbocycles. The molecular weight excluding hydrogens is 414 g/mol. The van der Waals surface area contributed by atoms with Gasteiger partial charge in [-0.1, -0.05) is 18.5 Å². The summed E-state index contributed by atoms with van der Waals surface area (Å²) in [4.78, 5) is 19.1. The molecule has 3 rings (SSSR count). The summed E-state index contributed by atoms with van der Waals surface area (Å²) in [7, 11) is -3.26. The van der Waals surface area contributed by atoms with E-state index in [4.69, 9.17) is 11.6 Å². The first kappa shape index (κ1) is 21.7. The van der Waals surface area contributed by atoms with Crippen molar-refractivity contribution >= 4 is 27.5 Å². The van der Waals surface area contributed by atoms with Crippen LogP contribution in [0.5, 0.6) is 0 Å². The van der Waals surface area contributed by atoms with Gasteiger partial charge in [-0.15, -0.1) is 0 Å². The molecule has 0 atom stereocenters. The Bertz CT molecular complexity index is 997. The summed E-state index contributed by atoms with van der Waals surface area (Å²) >= 11 is 6.26. The molecule has 3 heterocycles. The van der Waals surface area contributed by atoms with Crippen LogP contribution < -0.4 is 4.72 Å². The number of piperidine rings is 1. The largest absolute Gasteiger partial charge is 0.337 e. The molecule has 1 saturated heterocycles. The molecule has 0 radical (unpaired) electrons. The van der Waals surface area contributed by atoms with Crippen molar-refractivity contribution in [3.05, 3.63) is 40.3 Å². The Morgan fingerprint density at radius 3 is 2.55 bits per heavy atom. The molecule has 1 fully saturated rings. The van der Waals surface area contributed by atoms with Gasteiger partial charge in [0, 0.05) is 24.8 Å². The minimum absolute atomic E-state index is 0.116. The van der Waals surface area contributed by atoms with E-state index in [-0.39, 0.29) is 28.4 Å². The van der Waals surface area contributed by atoms with Gasteiger partial charge >= 0.3 is 0 Å². The van der Waals surface area contributed by atoms with Crippen molar-refractivity contribution in [2.75, 3.05) is 18.8 Å². The number of likely N-dealkylation sites (tertiary alicyclic amines) is 1. The molecule has 29 heavy (non-hydrogen) atoms. The minimum atomic E-state index is -3.26. The van der Waals surface area contributed by atoms with Crippen LogP contribution in [0.2, 0.25) is 5.02 Å². The predicted octanol–water partition coefficient (Wildman–Crippen LogP) is 2.47. The normalized spacial score (nSPS) is 15.7. The van der Waals surface area contributed by atoms with Gasteiger partial charge in [-0.25, -0.2) is 22.8 Å². The van der Waals surface area contributed by atoms with Crippen LogP contribution >= 0.6 is 11.6 Å². The van der Waals surface area contributed by atoms with Gasteiger partial charge in [-0.3, -0.25) is 4.79 Å². The Kier molecular flexibility index (Phi) is 6.60. The lowest BCUT2D eigenvalue weighted by atomic mass is 10.1. The van der Waals surface area contributed by atoms with E-state index in [0.29, 0.717) is 38.2 Å². The first-order valence-electron chi connectivity index (χ1n) is 9.69. The predicted molar refractivity (Wildman–Crippen MR) is 112 cm³/mol. The third-order valence-electron chi connectivity index (χ3n) is 4.86. The average molecular weight is 440 g/mol. The Morgan fingerprint density at radius 1 is 1.28 bits per heavy atom. The van der Waals surface area contributed by atoms with Crippen LogP contribution in [0.1, 0.15) is 48.1 Å². The fourth-order valence-corrected chi connectivity index (χ4v) is 5.08. The van der Waals surface area contributed by atoms with Crippen LogP contribution in [-0.4, -0.2) is 58.9 Å². The van der Waals surface area contributed by atoms with Crippen LogP contribution in [0.3, 0.4) is 0 Å². The van der Waals surface area contributed by atoms with E-state index < -0.39 is 10.0 Å². The van der Waals surface area contributed by atoms with Gasteiger partial charge in [-0.2, -0.15) is 5.10 Å². The summed E-state index contributed by atoms with van der Waals surface area (Å²) in [5.41, 5.74) is 1.96. The monoisotopic (exact) mass is 439 g/mol. The second-order valence-electron chi connectivity index (χ2n) is 7.34. The molecule has 158 valence electrons. The van der Waals surface area contributed by atoms with Crippen molar-refractivity contribution in [3.63, 3.8) is 0 Å². The molecule has 2 aromatic heterocycles. The molecule has 0 aliphatic carbocycles. The zero-order valence-electron chi connectivity index (χ0n) is 16.9. The minimum Gasteiger partial charge on any atom is -0.337 e. The van der Waals surface area contributed by atoms with Crippen molar-refractivity contribution in [2.45, 2.75) is 46.1 Å². The summed E-state index contributed by atoms with van der Waals surface area (Å²) in [6.07, 6.45) is 1.69. The number of rotatable bonds is 6. The van der Waals surface area contributed by atoms with Crippen molar-refractivity contribution < 1.29 is 13.2 Å². The summed E-state index contributed by atoms with van der Waals surface area (Å²) in [5, 5.41) is 4.69. The van der Waals surface area contributed by atoms with Gasteiger partial charge in [0.2, 0.25) is 10.0 Å². The molecule has 8 nitrogen and oxygen atoms in total. The molecule has 10 heteroatoms. The summed E-state index contributed by atoms with van der Waals surface area (Å²) in [5.74, 6) is 0.393. The van der Waals surface area contributed by atoms with Gasteiger partial charge < -0.3 is 4.90 Å². The standard InChI is InChI=1S/C19H26ClN5O3S/c1-4-11-29(27,28)23-15-7-9-24(10-8-15)19(26)18-16(20)5-6-17(21-18)25-14(3)12-13(2)22-25/h5-6,12,15,23H,4,7-11H2,1-3H3. The van der Waals surface area contributed by atoms with E-state index in [1.165, 1.54) is 0 Å². The fourth-order valence-electron chi connectivity index (χ4n) is 3.49. The number of aryl methyl sites for hydroxylation is 2. The lowest BCUT2D eigenvalue weighted by molar-refractivity contribution is 0.0705. The van der Waals surface area contributed by atoms with Gasteiger partial charge in [0.15, 0.2) is 5.82 Å². The number of carbonyl (C=O) groups is 1. The van der Waals surface area contributed by atoms with Crippen LogP contribution in [-0.2, 0) is 10.0 Å². The first-order valence-corrected chi connectivity index (χ1v) is 11.7. The number of aromatic nitrogens is 3. The topological polar surface area (TPSA) is 97.2 Å². The average Bonchev–Trinajstić information content (AvgIpc) is 3.00. The van der Waals surface area contributed by atoms with Crippen LogP contribution in [0.15, 0.2) is 18.2 Å². The van der Waals surface area contributed by atoms with E-state index in [2.05, 4.69) is 14.8 Å². The second-order valence-corrected chi connectivity index (χ2v) is 9.62. The number of amides is 1. The third kappa shape index (κ3) is 5.15. The lowest BCUT2D eigenvalue weighted by Crippen LogP contribution is -2.47. The van der Waals surface area contributed by atoms with Gasteiger partial charge in [0.25, 0.3) is 5.91 Å². The number of sulfonamides is 1. The first-order chi connectivity index (χ1) is 13.7. The Balaban J connectivity index is 1.71. The quantitative estimate of drug-likeness (QED) is 0.745. The van der Waals surface area contributed by atoms with Gasteiger partial charge in [0.05, 0.1) is 16.5 Å². The molecule has 2 aromatic rings. The molecular formula is C19H26ClN5O3S. The van der Waals surface area contributed by atoms with E-state index in [9.17, 15) is 13.2 Å². The SMILES string of the molecule is CCCS(=O)(=O)NC1CCN(C(=O)c2nc(-n3nc(C)cc3C)ccc2Cl)CC1. The Labute approximate surface area is 176 Å². The highest BCUT2D eigenvalue weighted by atomic mass is 35.5. The molecule has 0 bridgehead atoms. The van der Waals surface area contributed by atoms with Crippen LogP contribution in [0.4, 0.5) is 0 Å². The van der Waals surface area contributed by atoms with E-state index in [0.717, 1.165) is 11.4 Å². The molecule has 0 aromatic carbocycles. The number of pyridine rings is 1. The molecule has 1 amide bonds. The summed E-state index contributed by atoms with van der Waals surface area (Å²) in [6.45, 7) is 6.53. The van der Waals surface area contributed by atoms with Crippen molar-refractivity contribution in [3.8, 4) is 5.82 Å². The zero-order chi connectivity index (χ0) is 21.2. The van der Waals surface area contributed by atoms with Crippen molar-refractivity contribution in [1.82, 2.24) is 24.4 Å². The highest BCUT2D eigenvalue weighted by Crippen LogP contribution is 2.21. The van der Waals surface area contributed by atoms with Crippen LogP contribution in [0, 0.1) is 13.8 Å². The van der Waals surface area contributed by atoms with Gasteiger partial charge in [-0.05, 0) is 51.3 Å². The number of nitrogens with one attached hydrogen (secondary N) is 1. The third-order valence-corrected chi connectivity index (χ3v) is 6.80. The van der Waals surface area contributed by atoms with Crippen LogP contribution in [0.25, 0.3) is 5.82 Å². The van der Waals surface area contributed by atoms with Gasteiger partial charge in [0.1, 0.15) is 5.69 Å². The van der Waals surface area contributed by atoms with Crippen molar-refractivity contribution in [1.29, 1.82) is 0 Å². The van der Waals surface area contributed by atoms with E-state index in [1.807, 2.05) is 26.8 Å². The maximum absolute atomic E-state index is 13.0. The van der Waals surface area contributed by atoms with E-state index >= 15 is 0 Å². The smallest absolute Gasteiger partial charge is 0.274 e. The summed E-state index contributed by atoms with van der Waals surface area (Å²) in [6, 6.07) is 5.16. The molecule has 1 aliphatic rings. The van der Waals surface area contributed by atoms with Crippen molar-refractivity contribution in [2.24, 2.45) is 0 Å². The zero-order valence-corrected chi connectivity index (χ0v) is 18.4. The molecule has 1 N–H and O–H groups in total. The van der Waals surface area contributed by atoms with E-state index in [1.54, 1.807) is 21.7 Å². The number of carbonyl (C=O) groups excluding carboxylic acids is 1. The number of hydrogen-bond acceptors (Lipinski definition) is 5. The molecule has 1 aliphatic heterocycles. The molecule has 0 unspecified atom stereocenters. The maximum Gasteiger partial charge on any atom is 0.274 e. The number of hydrogen-bond donors (Lipinski definition) is 1. The summed E-state index contributed by atoms with van der Waals surface area (Å²) < 4.78 is 28.3.